The second-order valence-corrected chi connectivity index (χ2v) is 11.6. The van der Waals surface area contributed by atoms with Crippen LogP contribution >= 0.6 is 0 Å². The summed E-state index contributed by atoms with van der Waals surface area (Å²) in [6, 6.07) is 0. The molecule has 7 rings (SSSR count). The van der Waals surface area contributed by atoms with Crippen molar-refractivity contribution in [3.05, 3.63) is 11.6 Å². The minimum absolute atomic E-state index is 0.250. The largest absolute Gasteiger partial charge is 0.374 e. The molecule has 2 nitrogen and oxygen atoms in total. The van der Waals surface area contributed by atoms with Crippen LogP contribution in [0.5, 0.6) is 0 Å². The molecule has 0 radical (unpaired) electrons. The zero-order valence-corrected chi connectivity index (χ0v) is 16.8. The van der Waals surface area contributed by atoms with Gasteiger partial charge in [0.1, 0.15) is 0 Å². The van der Waals surface area contributed by atoms with Crippen LogP contribution < -0.4 is 0 Å². The third-order valence-electron chi connectivity index (χ3n) is 10.8. The minimum atomic E-state index is 0.250. The molecule has 1 spiro atoms. The molecule has 7 unspecified atom stereocenters. The SMILES string of the molecule is C[C@]12CCC3C4CCC(=O)C=C4CC(C4CC4)C3C1C1CC1[C@@]21CCCO1. The van der Waals surface area contributed by atoms with Crippen LogP contribution in [0.15, 0.2) is 11.6 Å². The van der Waals surface area contributed by atoms with Crippen molar-refractivity contribution in [3.63, 3.8) is 0 Å². The molecule has 5 saturated carbocycles. The van der Waals surface area contributed by atoms with E-state index in [-0.39, 0.29) is 5.60 Å². The number of ketones is 1. The van der Waals surface area contributed by atoms with E-state index >= 15 is 0 Å². The number of carbonyl (C=O) groups excluding carboxylic acids is 1. The summed E-state index contributed by atoms with van der Waals surface area (Å²) in [5, 5.41) is 0. The fourth-order valence-electron chi connectivity index (χ4n) is 9.78. The highest BCUT2D eigenvalue weighted by atomic mass is 16.5. The molecule has 6 fully saturated rings. The number of allylic oxidation sites excluding steroid dienone is 1. The third kappa shape index (κ3) is 1.90. The van der Waals surface area contributed by atoms with Gasteiger partial charge in [-0.15, -0.1) is 0 Å². The first-order chi connectivity index (χ1) is 13.1. The number of ether oxygens (including phenoxy) is 1. The van der Waals surface area contributed by atoms with Crippen molar-refractivity contribution in [1.82, 2.24) is 0 Å². The van der Waals surface area contributed by atoms with Crippen LogP contribution in [0.2, 0.25) is 0 Å². The molecule has 1 heterocycles. The number of fused-ring (bicyclic) bond motifs is 9. The molecule has 1 saturated heterocycles. The fraction of sp³-hybridized carbons (Fsp3) is 0.880. The Labute approximate surface area is 163 Å². The highest BCUT2D eigenvalue weighted by Crippen LogP contribution is 2.79. The van der Waals surface area contributed by atoms with Crippen molar-refractivity contribution in [1.29, 1.82) is 0 Å². The van der Waals surface area contributed by atoms with Gasteiger partial charge in [0.15, 0.2) is 5.78 Å². The molecule has 0 aromatic carbocycles. The van der Waals surface area contributed by atoms with Crippen LogP contribution in [0.25, 0.3) is 0 Å². The van der Waals surface area contributed by atoms with Gasteiger partial charge in [-0.25, -0.2) is 0 Å². The van der Waals surface area contributed by atoms with E-state index in [4.69, 9.17) is 4.74 Å². The van der Waals surface area contributed by atoms with E-state index in [1.165, 1.54) is 51.4 Å². The van der Waals surface area contributed by atoms with Gasteiger partial charge >= 0.3 is 0 Å². The van der Waals surface area contributed by atoms with E-state index in [9.17, 15) is 4.79 Å². The van der Waals surface area contributed by atoms with Crippen LogP contribution in [0.3, 0.4) is 0 Å². The first-order valence-corrected chi connectivity index (χ1v) is 12.0. The van der Waals surface area contributed by atoms with Gasteiger partial charge in [-0.05, 0) is 111 Å². The lowest BCUT2D eigenvalue weighted by Crippen LogP contribution is -2.57. The van der Waals surface area contributed by atoms with Crippen molar-refractivity contribution in [2.75, 3.05) is 6.61 Å². The van der Waals surface area contributed by atoms with E-state index in [1.807, 2.05) is 0 Å². The maximum atomic E-state index is 12.1. The molecule has 1 aliphatic heterocycles. The topological polar surface area (TPSA) is 26.3 Å². The van der Waals surface area contributed by atoms with E-state index in [0.29, 0.717) is 11.2 Å². The summed E-state index contributed by atoms with van der Waals surface area (Å²) in [5.41, 5.74) is 2.27. The van der Waals surface area contributed by atoms with Gasteiger partial charge in [0, 0.05) is 18.4 Å². The monoisotopic (exact) mass is 366 g/mol. The molecule has 146 valence electrons. The van der Waals surface area contributed by atoms with Gasteiger partial charge in [0.25, 0.3) is 0 Å². The number of hydrogen-bond donors (Lipinski definition) is 0. The summed E-state index contributed by atoms with van der Waals surface area (Å²) in [4.78, 5) is 12.1. The predicted molar refractivity (Wildman–Crippen MR) is 104 cm³/mol. The summed E-state index contributed by atoms with van der Waals surface area (Å²) in [7, 11) is 0. The fourth-order valence-corrected chi connectivity index (χ4v) is 9.78. The molecule has 2 heteroatoms. The lowest BCUT2D eigenvalue weighted by molar-refractivity contribution is -0.157. The Kier molecular flexibility index (Phi) is 3.06. The molecular weight excluding hydrogens is 332 g/mol. The standard InChI is InChI=1S/C25H34O2/c1-24-9-7-18-17-6-5-16(26)11-15(17)12-19(14-3-4-14)22(18)23(24)20-13-21(20)25(24)8-2-10-27-25/h11,14,17-23H,2-10,12-13H2,1H3/t17?,18?,19?,20?,21?,22?,23?,24-,25-/m0/s1. The average molecular weight is 367 g/mol. The molecule has 9 atom stereocenters. The Morgan fingerprint density at radius 2 is 1.96 bits per heavy atom. The first kappa shape index (κ1) is 16.2. The second-order valence-electron chi connectivity index (χ2n) is 11.6. The van der Waals surface area contributed by atoms with E-state index in [2.05, 4.69) is 13.0 Å². The maximum Gasteiger partial charge on any atom is 0.155 e. The molecule has 0 bridgehead atoms. The Bertz CT molecular complexity index is 727. The highest BCUT2D eigenvalue weighted by Gasteiger charge is 2.77. The summed E-state index contributed by atoms with van der Waals surface area (Å²) in [5.74, 6) is 7.59. The Balaban J connectivity index is 1.32. The van der Waals surface area contributed by atoms with Crippen LogP contribution in [0, 0.1) is 52.8 Å². The molecule has 6 aliphatic carbocycles. The number of rotatable bonds is 1. The Morgan fingerprint density at radius 1 is 1.07 bits per heavy atom. The molecule has 27 heavy (non-hydrogen) atoms. The highest BCUT2D eigenvalue weighted by molar-refractivity contribution is 5.91. The van der Waals surface area contributed by atoms with Crippen molar-refractivity contribution >= 4 is 5.78 Å². The van der Waals surface area contributed by atoms with Crippen LogP contribution in [-0.4, -0.2) is 18.0 Å². The van der Waals surface area contributed by atoms with E-state index in [0.717, 1.165) is 66.8 Å². The van der Waals surface area contributed by atoms with Crippen LogP contribution in [0.4, 0.5) is 0 Å². The van der Waals surface area contributed by atoms with Crippen LogP contribution in [-0.2, 0) is 9.53 Å². The zero-order chi connectivity index (χ0) is 18.0. The van der Waals surface area contributed by atoms with Crippen molar-refractivity contribution < 1.29 is 9.53 Å². The van der Waals surface area contributed by atoms with Gasteiger partial charge in [-0.2, -0.15) is 0 Å². The first-order valence-electron chi connectivity index (χ1n) is 12.0. The number of hydrogen-bond acceptors (Lipinski definition) is 2. The van der Waals surface area contributed by atoms with Gasteiger partial charge in [0.2, 0.25) is 0 Å². The second kappa shape index (κ2) is 5.10. The summed E-state index contributed by atoms with van der Waals surface area (Å²) < 4.78 is 6.68. The van der Waals surface area contributed by atoms with Crippen molar-refractivity contribution in [2.45, 2.75) is 76.7 Å². The molecule has 7 aliphatic rings. The van der Waals surface area contributed by atoms with Crippen molar-refractivity contribution in [3.8, 4) is 0 Å². The summed E-state index contributed by atoms with van der Waals surface area (Å²) in [6.07, 6.45) is 15.1. The van der Waals surface area contributed by atoms with Crippen LogP contribution in [0.1, 0.15) is 71.1 Å². The van der Waals surface area contributed by atoms with E-state index in [1.54, 1.807) is 5.57 Å². The predicted octanol–water partition coefficient (Wildman–Crippen LogP) is 5.17. The zero-order valence-electron chi connectivity index (χ0n) is 16.8. The Morgan fingerprint density at radius 3 is 2.74 bits per heavy atom. The quantitative estimate of drug-likeness (QED) is 0.640. The normalized spacial score (nSPS) is 58.3. The third-order valence-corrected chi connectivity index (χ3v) is 10.8. The Hall–Kier alpha value is -0.630. The maximum absolute atomic E-state index is 12.1. The molecule has 0 N–H and O–H groups in total. The lowest BCUT2D eigenvalue weighted by atomic mass is 9.46. The van der Waals surface area contributed by atoms with Gasteiger partial charge in [-0.1, -0.05) is 12.5 Å². The van der Waals surface area contributed by atoms with E-state index < -0.39 is 0 Å². The molecular formula is C25H34O2. The molecule has 0 aromatic heterocycles. The molecule has 0 amide bonds. The number of carbonyl (C=O) groups is 1. The van der Waals surface area contributed by atoms with Gasteiger partial charge < -0.3 is 4.74 Å². The van der Waals surface area contributed by atoms with Crippen molar-refractivity contribution in [2.24, 2.45) is 52.8 Å². The smallest absolute Gasteiger partial charge is 0.155 e. The minimum Gasteiger partial charge on any atom is -0.374 e. The summed E-state index contributed by atoms with van der Waals surface area (Å²) in [6.45, 7) is 3.67. The van der Waals surface area contributed by atoms with Gasteiger partial charge in [0.05, 0.1) is 5.60 Å². The summed E-state index contributed by atoms with van der Waals surface area (Å²) >= 11 is 0. The lowest BCUT2D eigenvalue weighted by Gasteiger charge is -2.59. The average Bonchev–Trinajstić information content (AvgIpc) is 3.58. The molecule has 0 aromatic rings. The van der Waals surface area contributed by atoms with Gasteiger partial charge in [-0.3, -0.25) is 4.79 Å².